The highest BCUT2D eigenvalue weighted by molar-refractivity contribution is 5.88. The molecule has 2 heterocycles. The van der Waals surface area contributed by atoms with Gasteiger partial charge in [0.2, 0.25) is 0 Å². The van der Waals surface area contributed by atoms with E-state index in [1.807, 2.05) is 20.8 Å². The molecule has 0 aliphatic carbocycles. The van der Waals surface area contributed by atoms with Crippen LogP contribution in [0.15, 0.2) is 6.20 Å². The van der Waals surface area contributed by atoms with Crippen LogP contribution in [0.1, 0.15) is 42.6 Å². The van der Waals surface area contributed by atoms with Gasteiger partial charge in [-0.1, -0.05) is 10.4 Å². The molecule has 0 atom stereocenters. The standard InChI is InChI=1S/C12H18N6O2/c1-8-10(11(19)20-12(2,3)4)14-16-18(8)7-9-6-17(5)15-13-9/h6H,7H2,1-5H3. The second kappa shape index (κ2) is 5.03. The molecule has 0 aliphatic rings. The zero-order valence-corrected chi connectivity index (χ0v) is 12.3. The monoisotopic (exact) mass is 278 g/mol. The number of nitrogens with zero attached hydrogens (tertiary/aromatic N) is 6. The van der Waals surface area contributed by atoms with Gasteiger partial charge >= 0.3 is 5.97 Å². The van der Waals surface area contributed by atoms with Crippen molar-refractivity contribution in [3.8, 4) is 0 Å². The summed E-state index contributed by atoms with van der Waals surface area (Å²) < 4.78 is 8.49. The van der Waals surface area contributed by atoms with Gasteiger partial charge in [-0.05, 0) is 27.7 Å². The number of ether oxygens (including phenoxy) is 1. The summed E-state index contributed by atoms with van der Waals surface area (Å²) in [6, 6.07) is 0. The lowest BCUT2D eigenvalue weighted by Crippen LogP contribution is -2.24. The summed E-state index contributed by atoms with van der Waals surface area (Å²) in [5.41, 5.74) is 1.06. The molecule has 8 nitrogen and oxygen atoms in total. The topological polar surface area (TPSA) is 87.7 Å². The Morgan fingerprint density at radius 1 is 1.30 bits per heavy atom. The Morgan fingerprint density at radius 3 is 2.55 bits per heavy atom. The van der Waals surface area contributed by atoms with Gasteiger partial charge in [0.1, 0.15) is 11.3 Å². The second-order valence-corrected chi connectivity index (χ2v) is 5.57. The lowest BCUT2D eigenvalue weighted by atomic mass is 10.2. The zero-order chi connectivity index (χ0) is 14.9. The molecular formula is C12H18N6O2. The highest BCUT2D eigenvalue weighted by Gasteiger charge is 2.23. The Hall–Kier alpha value is -2.25. The van der Waals surface area contributed by atoms with Gasteiger partial charge in [0, 0.05) is 13.2 Å². The van der Waals surface area contributed by atoms with Crippen molar-refractivity contribution in [3.05, 3.63) is 23.3 Å². The molecule has 0 N–H and O–H groups in total. The number of hydrogen-bond donors (Lipinski definition) is 0. The molecule has 2 aromatic heterocycles. The summed E-state index contributed by atoms with van der Waals surface area (Å²) >= 11 is 0. The molecule has 0 saturated carbocycles. The molecule has 0 fully saturated rings. The molecule has 0 unspecified atom stereocenters. The SMILES string of the molecule is Cc1c(C(=O)OC(C)(C)C)nnn1Cc1cn(C)nn1. The third kappa shape index (κ3) is 3.19. The van der Waals surface area contributed by atoms with Crippen molar-refractivity contribution < 1.29 is 9.53 Å². The first-order valence-electron chi connectivity index (χ1n) is 6.25. The van der Waals surface area contributed by atoms with Crippen molar-refractivity contribution in [1.29, 1.82) is 0 Å². The van der Waals surface area contributed by atoms with Crippen molar-refractivity contribution in [2.75, 3.05) is 0 Å². The fraction of sp³-hybridized carbons (Fsp3) is 0.583. The molecule has 0 aliphatic heterocycles. The molecule has 0 spiro atoms. The van der Waals surface area contributed by atoms with E-state index < -0.39 is 11.6 Å². The number of hydrogen-bond acceptors (Lipinski definition) is 6. The van der Waals surface area contributed by atoms with Gasteiger partial charge in [0.25, 0.3) is 0 Å². The summed E-state index contributed by atoms with van der Waals surface area (Å²) in [6.45, 7) is 7.61. The summed E-state index contributed by atoms with van der Waals surface area (Å²) in [5, 5.41) is 15.7. The van der Waals surface area contributed by atoms with Gasteiger partial charge < -0.3 is 4.74 Å². The van der Waals surface area contributed by atoms with E-state index >= 15 is 0 Å². The van der Waals surface area contributed by atoms with E-state index in [1.54, 1.807) is 29.5 Å². The largest absolute Gasteiger partial charge is 0.455 e. The quantitative estimate of drug-likeness (QED) is 0.769. The summed E-state index contributed by atoms with van der Waals surface area (Å²) in [7, 11) is 1.79. The zero-order valence-electron chi connectivity index (χ0n) is 12.3. The Labute approximate surface area is 116 Å². The van der Waals surface area contributed by atoms with E-state index in [9.17, 15) is 4.79 Å². The average molecular weight is 278 g/mol. The number of carbonyl (C=O) groups is 1. The van der Waals surface area contributed by atoms with Crippen molar-refractivity contribution >= 4 is 5.97 Å². The van der Waals surface area contributed by atoms with Gasteiger partial charge in [0.15, 0.2) is 5.69 Å². The van der Waals surface area contributed by atoms with E-state index in [2.05, 4.69) is 20.6 Å². The highest BCUT2D eigenvalue weighted by Crippen LogP contribution is 2.13. The maximum Gasteiger partial charge on any atom is 0.361 e. The van der Waals surface area contributed by atoms with Crippen molar-refractivity contribution in [2.45, 2.75) is 39.8 Å². The Bertz CT molecular complexity index is 622. The second-order valence-electron chi connectivity index (χ2n) is 5.57. The lowest BCUT2D eigenvalue weighted by molar-refractivity contribution is 0.00619. The first-order chi connectivity index (χ1) is 9.26. The normalized spacial score (nSPS) is 11.7. The Kier molecular flexibility index (Phi) is 3.56. The van der Waals surface area contributed by atoms with Crippen LogP contribution in [-0.4, -0.2) is 41.6 Å². The first-order valence-corrected chi connectivity index (χ1v) is 6.25. The fourth-order valence-corrected chi connectivity index (χ4v) is 1.65. The summed E-state index contributed by atoms with van der Waals surface area (Å²) in [4.78, 5) is 12.0. The van der Waals surface area contributed by atoms with Crippen LogP contribution in [0.2, 0.25) is 0 Å². The van der Waals surface area contributed by atoms with Crippen LogP contribution in [0.25, 0.3) is 0 Å². The van der Waals surface area contributed by atoms with Gasteiger partial charge in [-0.3, -0.25) is 4.68 Å². The number of aryl methyl sites for hydroxylation is 1. The van der Waals surface area contributed by atoms with E-state index in [0.29, 0.717) is 12.2 Å². The van der Waals surface area contributed by atoms with Crippen molar-refractivity contribution in [2.24, 2.45) is 7.05 Å². The van der Waals surface area contributed by atoms with Crippen LogP contribution in [0.3, 0.4) is 0 Å². The van der Waals surface area contributed by atoms with Gasteiger partial charge in [-0.2, -0.15) is 0 Å². The van der Waals surface area contributed by atoms with Crippen molar-refractivity contribution in [3.63, 3.8) is 0 Å². The first kappa shape index (κ1) is 14.2. The number of carbonyl (C=O) groups excluding carboxylic acids is 1. The highest BCUT2D eigenvalue weighted by atomic mass is 16.6. The van der Waals surface area contributed by atoms with Gasteiger partial charge in [-0.15, -0.1) is 10.2 Å². The predicted molar refractivity (Wildman–Crippen MR) is 70.0 cm³/mol. The minimum atomic E-state index is -0.557. The van der Waals surface area contributed by atoms with Crippen molar-refractivity contribution in [1.82, 2.24) is 30.0 Å². The van der Waals surface area contributed by atoms with E-state index in [4.69, 9.17) is 4.74 Å². The van der Waals surface area contributed by atoms with Gasteiger partial charge in [-0.25, -0.2) is 9.48 Å². The van der Waals surface area contributed by atoms with Crippen LogP contribution >= 0.6 is 0 Å². The van der Waals surface area contributed by atoms with E-state index in [-0.39, 0.29) is 5.69 Å². The molecule has 0 bridgehead atoms. The molecule has 2 aromatic rings. The maximum atomic E-state index is 12.0. The van der Waals surface area contributed by atoms with Gasteiger partial charge in [0.05, 0.1) is 12.2 Å². The van der Waals surface area contributed by atoms with E-state index in [1.165, 1.54) is 0 Å². The molecule has 8 heteroatoms. The van der Waals surface area contributed by atoms with E-state index in [0.717, 1.165) is 5.69 Å². The molecule has 0 amide bonds. The molecule has 20 heavy (non-hydrogen) atoms. The molecule has 0 aromatic carbocycles. The number of aromatic nitrogens is 6. The van der Waals surface area contributed by atoms with Crippen LogP contribution in [0.5, 0.6) is 0 Å². The molecule has 0 saturated heterocycles. The van der Waals surface area contributed by atoms with Crippen LogP contribution in [0, 0.1) is 6.92 Å². The lowest BCUT2D eigenvalue weighted by Gasteiger charge is -2.18. The minimum absolute atomic E-state index is 0.226. The minimum Gasteiger partial charge on any atom is -0.455 e. The summed E-state index contributed by atoms with van der Waals surface area (Å²) in [5.74, 6) is -0.472. The fourth-order valence-electron chi connectivity index (χ4n) is 1.65. The van der Waals surface area contributed by atoms with Crippen LogP contribution < -0.4 is 0 Å². The number of esters is 1. The number of rotatable bonds is 3. The van der Waals surface area contributed by atoms with Crippen LogP contribution in [0.4, 0.5) is 0 Å². The average Bonchev–Trinajstić information content (AvgIpc) is 2.85. The molecular weight excluding hydrogens is 260 g/mol. The third-order valence-corrected chi connectivity index (χ3v) is 2.54. The Balaban J connectivity index is 2.16. The molecule has 0 radical (unpaired) electrons. The Morgan fingerprint density at radius 2 is 2.00 bits per heavy atom. The maximum absolute atomic E-state index is 12.0. The molecule has 108 valence electrons. The van der Waals surface area contributed by atoms with Crippen LogP contribution in [-0.2, 0) is 18.3 Å². The predicted octanol–water partition coefficient (Wildman–Crippen LogP) is 0.719. The third-order valence-electron chi connectivity index (χ3n) is 2.54. The molecule has 2 rings (SSSR count). The summed E-state index contributed by atoms with van der Waals surface area (Å²) in [6.07, 6.45) is 1.79. The smallest absolute Gasteiger partial charge is 0.361 e.